The molecule has 2 aliphatic heterocycles. The molecule has 0 amide bonds. The van der Waals surface area contributed by atoms with Gasteiger partial charge in [-0.25, -0.2) is 5.43 Å². The molecule has 0 spiro atoms. The van der Waals surface area contributed by atoms with Crippen molar-refractivity contribution in [1.29, 1.82) is 0 Å². The van der Waals surface area contributed by atoms with Crippen molar-refractivity contribution in [2.75, 3.05) is 70.3 Å². The van der Waals surface area contributed by atoms with E-state index >= 15 is 0 Å². The summed E-state index contributed by atoms with van der Waals surface area (Å²) in [6.45, 7) is 6.20. The molecular formula is C25H36N8. The van der Waals surface area contributed by atoms with Crippen molar-refractivity contribution in [3.05, 3.63) is 53.6 Å². The zero-order valence-corrected chi connectivity index (χ0v) is 20.0. The molecular weight excluding hydrogens is 412 g/mol. The Morgan fingerprint density at radius 2 is 1.76 bits per heavy atom. The van der Waals surface area contributed by atoms with Gasteiger partial charge in [0.05, 0.1) is 16.9 Å². The van der Waals surface area contributed by atoms with Crippen molar-refractivity contribution in [3.63, 3.8) is 0 Å². The lowest BCUT2D eigenvalue weighted by atomic mass is 9.88. The summed E-state index contributed by atoms with van der Waals surface area (Å²) in [5, 5.41) is 18.3. The van der Waals surface area contributed by atoms with Crippen molar-refractivity contribution in [1.82, 2.24) is 31.2 Å². The van der Waals surface area contributed by atoms with Gasteiger partial charge in [0.25, 0.3) is 0 Å². The lowest BCUT2D eigenvalue weighted by Gasteiger charge is -2.44. The molecule has 1 fully saturated rings. The van der Waals surface area contributed by atoms with E-state index in [4.69, 9.17) is 0 Å². The van der Waals surface area contributed by atoms with Gasteiger partial charge >= 0.3 is 0 Å². The van der Waals surface area contributed by atoms with Crippen LogP contribution in [-0.4, -0.2) is 75.5 Å². The van der Waals surface area contributed by atoms with Crippen molar-refractivity contribution in [3.8, 4) is 0 Å². The van der Waals surface area contributed by atoms with Gasteiger partial charge in [-0.15, -0.1) is 0 Å². The molecule has 8 heteroatoms. The maximum atomic E-state index is 4.58. The molecule has 33 heavy (non-hydrogen) atoms. The molecule has 3 aromatic rings. The van der Waals surface area contributed by atoms with Crippen LogP contribution < -0.4 is 26.0 Å². The molecule has 8 nitrogen and oxygen atoms in total. The molecule has 0 atom stereocenters. The van der Waals surface area contributed by atoms with E-state index in [1.807, 2.05) is 21.1 Å². The molecule has 1 saturated heterocycles. The van der Waals surface area contributed by atoms with E-state index in [2.05, 4.69) is 83.5 Å². The molecule has 176 valence electrons. The molecule has 4 N–H and O–H groups in total. The highest BCUT2D eigenvalue weighted by Gasteiger charge is 2.36. The monoisotopic (exact) mass is 448 g/mol. The van der Waals surface area contributed by atoms with Gasteiger partial charge in [-0.2, -0.15) is 5.10 Å². The number of para-hydroxylation sites is 1. The first kappa shape index (κ1) is 22.2. The Hall–Kier alpha value is -2.65. The highest BCUT2D eigenvalue weighted by atomic mass is 15.5. The van der Waals surface area contributed by atoms with Gasteiger partial charge in [-0.05, 0) is 44.3 Å². The number of hydrogen-bond acceptors (Lipinski definition) is 7. The first-order valence-corrected chi connectivity index (χ1v) is 12.0. The Kier molecular flexibility index (Phi) is 6.25. The lowest BCUT2D eigenvalue weighted by Crippen LogP contribution is -2.57. The summed E-state index contributed by atoms with van der Waals surface area (Å²) in [7, 11) is 6.09. The Morgan fingerprint density at radius 1 is 0.970 bits per heavy atom. The number of hydrazine groups is 1. The number of benzene rings is 2. The fourth-order valence-corrected chi connectivity index (χ4v) is 5.39. The third-order valence-electron chi connectivity index (χ3n) is 7.48. The molecule has 0 radical (unpaired) electrons. The van der Waals surface area contributed by atoms with Gasteiger partial charge in [0.2, 0.25) is 0 Å². The standard InChI is InChI=1S/C25H36N8/c1-26-25(27-2)11-13-33(28-3)23-9-8-19(18-21(23)25)10-12-31-14-16-32(17-15-31)24-20-6-4-5-7-22(20)29-30-24/h4-9,18,26-28H,10-17H2,1-3H3,(H,29,30). The van der Waals surface area contributed by atoms with Gasteiger partial charge < -0.3 is 9.91 Å². The average Bonchev–Trinajstić information content (AvgIpc) is 3.31. The Labute approximate surface area is 196 Å². The zero-order valence-electron chi connectivity index (χ0n) is 20.0. The first-order valence-electron chi connectivity index (χ1n) is 12.0. The molecule has 0 saturated carbocycles. The number of aromatic nitrogens is 2. The van der Waals surface area contributed by atoms with Crippen LogP contribution in [0.5, 0.6) is 0 Å². The summed E-state index contributed by atoms with van der Waals surface area (Å²) in [4.78, 5) is 4.99. The molecule has 5 rings (SSSR count). The van der Waals surface area contributed by atoms with Crippen LogP contribution in [0.4, 0.5) is 11.5 Å². The molecule has 0 bridgehead atoms. The number of hydrogen-bond donors (Lipinski definition) is 4. The van der Waals surface area contributed by atoms with E-state index in [9.17, 15) is 0 Å². The van der Waals surface area contributed by atoms with Gasteiger partial charge in [0, 0.05) is 63.7 Å². The molecule has 0 aliphatic carbocycles. The highest BCUT2D eigenvalue weighted by molar-refractivity contribution is 5.90. The number of anilines is 2. The molecule has 0 unspecified atom stereocenters. The Bertz CT molecular complexity index is 1080. The average molecular weight is 449 g/mol. The van der Waals surface area contributed by atoms with Crippen LogP contribution in [0.1, 0.15) is 17.5 Å². The SMILES string of the molecule is CNN1CCC(NC)(NC)c2cc(CCN3CCN(c4n[nH]c5ccccc45)CC3)ccc21. The minimum Gasteiger partial charge on any atom is -0.352 e. The van der Waals surface area contributed by atoms with E-state index in [1.165, 1.54) is 22.2 Å². The maximum absolute atomic E-state index is 4.58. The van der Waals surface area contributed by atoms with Gasteiger partial charge in [-0.1, -0.05) is 24.3 Å². The predicted molar refractivity (Wildman–Crippen MR) is 136 cm³/mol. The Balaban J connectivity index is 1.23. The van der Waals surface area contributed by atoms with E-state index < -0.39 is 0 Å². The van der Waals surface area contributed by atoms with Crippen LogP contribution in [0.2, 0.25) is 0 Å². The lowest BCUT2D eigenvalue weighted by molar-refractivity contribution is 0.259. The second-order valence-electron chi connectivity index (χ2n) is 9.05. The molecule has 2 aliphatic rings. The van der Waals surface area contributed by atoms with Crippen LogP contribution in [0.15, 0.2) is 42.5 Å². The number of H-pyrrole nitrogens is 1. The summed E-state index contributed by atoms with van der Waals surface area (Å²) < 4.78 is 0. The highest BCUT2D eigenvalue weighted by Crippen LogP contribution is 2.36. The van der Waals surface area contributed by atoms with E-state index in [1.54, 1.807) is 0 Å². The van der Waals surface area contributed by atoms with Crippen LogP contribution in [0.3, 0.4) is 0 Å². The summed E-state index contributed by atoms with van der Waals surface area (Å²) in [6, 6.07) is 15.3. The number of fused-ring (bicyclic) bond motifs is 2. The van der Waals surface area contributed by atoms with E-state index in [0.717, 1.165) is 63.4 Å². The molecule has 2 aromatic carbocycles. The molecule has 1 aromatic heterocycles. The maximum Gasteiger partial charge on any atom is 0.158 e. The summed E-state index contributed by atoms with van der Waals surface area (Å²) in [5.74, 6) is 1.09. The number of rotatable bonds is 7. The zero-order chi connectivity index (χ0) is 22.8. The number of nitrogens with zero attached hydrogens (tertiary/aromatic N) is 4. The predicted octanol–water partition coefficient (Wildman–Crippen LogP) is 1.86. The minimum atomic E-state index is -0.184. The van der Waals surface area contributed by atoms with Crippen LogP contribution in [0.25, 0.3) is 10.9 Å². The van der Waals surface area contributed by atoms with Crippen molar-refractivity contribution >= 4 is 22.4 Å². The largest absolute Gasteiger partial charge is 0.352 e. The summed E-state index contributed by atoms with van der Waals surface area (Å²) in [6.07, 6.45) is 2.06. The van der Waals surface area contributed by atoms with Crippen LogP contribution in [-0.2, 0) is 12.1 Å². The first-order chi connectivity index (χ1) is 16.2. The van der Waals surface area contributed by atoms with Crippen molar-refractivity contribution in [2.24, 2.45) is 0 Å². The molecule has 3 heterocycles. The van der Waals surface area contributed by atoms with Gasteiger partial charge in [-0.3, -0.25) is 20.6 Å². The topological polar surface area (TPSA) is 74.5 Å². The smallest absolute Gasteiger partial charge is 0.158 e. The Morgan fingerprint density at radius 3 is 2.52 bits per heavy atom. The summed E-state index contributed by atoms with van der Waals surface area (Å²) in [5.41, 5.74) is 8.22. The normalized spacial score (nSPS) is 18.6. The third-order valence-corrected chi connectivity index (χ3v) is 7.48. The number of piperazine rings is 1. The van der Waals surface area contributed by atoms with Crippen molar-refractivity contribution in [2.45, 2.75) is 18.5 Å². The number of aromatic amines is 1. The minimum absolute atomic E-state index is 0.184. The van der Waals surface area contributed by atoms with Crippen LogP contribution in [0, 0.1) is 0 Å². The van der Waals surface area contributed by atoms with E-state index in [0.29, 0.717) is 0 Å². The fourth-order valence-electron chi connectivity index (χ4n) is 5.39. The van der Waals surface area contributed by atoms with Gasteiger partial charge in [0.15, 0.2) is 5.82 Å². The fraction of sp³-hybridized carbons (Fsp3) is 0.480. The third kappa shape index (κ3) is 4.08. The number of nitrogens with one attached hydrogen (secondary N) is 4. The van der Waals surface area contributed by atoms with Gasteiger partial charge in [0.1, 0.15) is 0 Å². The summed E-state index contributed by atoms with van der Waals surface area (Å²) >= 11 is 0. The quantitative estimate of drug-likeness (QED) is 0.411. The van der Waals surface area contributed by atoms with E-state index in [-0.39, 0.29) is 5.66 Å². The second kappa shape index (κ2) is 9.30. The van der Waals surface area contributed by atoms with Crippen molar-refractivity contribution < 1.29 is 0 Å². The van der Waals surface area contributed by atoms with Crippen LogP contribution >= 0.6 is 0 Å². The second-order valence-corrected chi connectivity index (χ2v) is 9.05.